The summed E-state index contributed by atoms with van der Waals surface area (Å²) < 4.78 is 5.19. The van der Waals surface area contributed by atoms with Gasteiger partial charge in [0.2, 0.25) is 0 Å². The molecule has 0 radical (unpaired) electrons. The van der Waals surface area contributed by atoms with Crippen molar-refractivity contribution in [1.82, 2.24) is 0 Å². The standard InChI is InChI=1S/C9H15NO2/c10-8-6-4-2-1-3-5-7(6)12-9(8)11/h6-8H,1-5,10H2/t6-,7+,8+/m1/s1. The van der Waals surface area contributed by atoms with E-state index in [1.165, 1.54) is 19.3 Å². The molecular weight excluding hydrogens is 154 g/mol. The highest BCUT2D eigenvalue weighted by Gasteiger charge is 2.42. The van der Waals surface area contributed by atoms with Gasteiger partial charge in [0.1, 0.15) is 12.1 Å². The highest BCUT2D eigenvalue weighted by Crippen LogP contribution is 2.32. The van der Waals surface area contributed by atoms with Crippen molar-refractivity contribution in [2.45, 2.75) is 44.2 Å². The molecule has 12 heavy (non-hydrogen) atoms. The molecule has 1 aliphatic heterocycles. The molecule has 0 aromatic rings. The molecule has 0 aromatic heterocycles. The van der Waals surface area contributed by atoms with Crippen LogP contribution in [0.5, 0.6) is 0 Å². The van der Waals surface area contributed by atoms with Gasteiger partial charge in [-0.25, -0.2) is 0 Å². The minimum atomic E-state index is -0.340. The van der Waals surface area contributed by atoms with Crippen LogP contribution in [0, 0.1) is 5.92 Å². The van der Waals surface area contributed by atoms with E-state index in [2.05, 4.69) is 0 Å². The summed E-state index contributed by atoms with van der Waals surface area (Å²) in [4.78, 5) is 11.1. The van der Waals surface area contributed by atoms with Crippen LogP contribution >= 0.6 is 0 Å². The molecule has 2 N–H and O–H groups in total. The Hall–Kier alpha value is -0.570. The first-order chi connectivity index (χ1) is 5.79. The van der Waals surface area contributed by atoms with E-state index in [4.69, 9.17) is 10.5 Å². The number of hydrogen-bond donors (Lipinski definition) is 1. The summed E-state index contributed by atoms with van der Waals surface area (Å²) in [6.45, 7) is 0. The van der Waals surface area contributed by atoms with Gasteiger partial charge in [0, 0.05) is 5.92 Å². The van der Waals surface area contributed by atoms with Crippen LogP contribution in [0.2, 0.25) is 0 Å². The zero-order valence-electron chi connectivity index (χ0n) is 7.16. The van der Waals surface area contributed by atoms with Gasteiger partial charge in [0.05, 0.1) is 0 Å². The van der Waals surface area contributed by atoms with Gasteiger partial charge >= 0.3 is 5.97 Å². The van der Waals surface area contributed by atoms with Crippen LogP contribution in [-0.2, 0) is 9.53 Å². The molecule has 3 atom stereocenters. The van der Waals surface area contributed by atoms with Crippen molar-refractivity contribution in [1.29, 1.82) is 0 Å². The van der Waals surface area contributed by atoms with Crippen molar-refractivity contribution in [3.8, 4) is 0 Å². The second-order valence-corrected chi connectivity index (χ2v) is 3.80. The van der Waals surface area contributed by atoms with E-state index >= 15 is 0 Å². The predicted octanol–water partition coefficient (Wildman–Crippen LogP) is 0.819. The van der Waals surface area contributed by atoms with Gasteiger partial charge in [0.25, 0.3) is 0 Å². The van der Waals surface area contributed by atoms with Crippen molar-refractivity contribution in [2.75, 3.05) is 0 Å². The van der Waals surface area contributed by atoms with E-state index in [1.807, 2.05) is 0 Å². The maximum atomic E-state index is 11.1. The normalized spacial score (nSPS) is 41.8. The second-order valence-electron chi connectivity index (χ2n) is 3.80. The summed E-state index contributed by atoms with van der Waals surface area (Å²) in [5, 5.41) is 0. The van der Waals surface area contributed by atoms with E-state index in [0.29, 0.717) is 5.92 Å². The molecule has 68 valence electrons. The average molecular weight is 169 g/mol. The van der Waals surface area contributed by atoms with Gasteiger partial charge < -0.3 is 10.5 Å². The molecule has 0 amide bonds. The summed E-state index contributed by atoms with van der Waals surface area (Å²) in [7, 11) is 0. The first kappa shape index (κ1) is 8.05. The molecule has 3 heteroatoms. The highest BCUT2D eigenvalue weighted by atomic mass is 16.6. The number of nitrogens with two attached hydrogens (primary N) is 1. The highest BCUT2D eigenvalue weighted by molar-refractivity contribution is 5.78. The van der Waals surface area contributed by atoms with Crippen LogP contribution in [0.15, 0.2) is 0 Å². The Labute approximate surface area is 72.3 Å². The Morgan fingerprint density at radius 2 is 2.00 bits per heavy atom. The maximum absolute atomic E-state index is 11.1. The molecule has 3 nitrogen and oxygen atoms in total. The minimum Gasteiger partial charge on any atom is -0.461 e. The fourth-order valence-electron chi connectivity index (χ4n) is 2.26. The van der Waals surface area contributed by atoms with Crippen LogP contribution in [0.1, 0.15) is 32.1 Å². The molecule has 2 fully saturated rings. The summed E-state index contributed by atoms with van der Waals surface area (Å²) in [5.41, 5.74) is 5.73. The lowest BCUT2D eigenvalue weighted by atomic mass is 9.93. The summed E-state index contributed by atoms with van der Waals surface area (Å²) in [5.74, 6) is 0.118. The lowest BCUT2D eigenvalue weighted by Crippen LogP contribution is -2.33. The zero-order valence-corrected chi connectivity index (χ0v) is 7.16. The van der Waals surface area contributed by atoms with E-state index in [9.17, 15) is 4.79 Å². The molecule has 1 heterocycles. The minimum absolute atomic E-state index is 0.134. The van der Waals surface area contributed by atoms with Gasteiger partial charge in [-0.3, -0.25) is 4.79 Å². The van der Waals surface area contributed by atoms with E-state index in [1.54, 1.807) is 0 Å². The van der Waals surface area contributed by atoms with E-state index in [0.717, 1.165) is 12.8 Å². The van der Waals surface area contributed by atoms with Crippen molar-refractivity contribution in [3.63, 3.8) is 0 Å². The smallest absolute Gasteiger partial charge is 0.323 e. The third-order valence-corrected chi connectivity index (χ3v) is 3.00. The largest absolute Gasteiger partial charge is 0.461 e. The molecule has 1 aliphatic carbocycles. The quantitative estimate of drug-likeness (QED) is 0.546. The fourth-order valence-corrected chi connectivity index (χ4v) is 2.26. The summed E-state index contributed by atoms with van der Waals surface area (Å²) in [6, 6.07) is -0.340. The van der Waals surface area contributed by atoms with Gasteiger partial charge in [0.15, 0.2) is 0 Å². The molecule has 2 rings (SSSR count). The number of carbonyl (C=O) groups excluding carboxylic acids is 1. The number of hydrogen-bond acceptors (Lipinski definition) is 3. The Balaban J connectivity index is 2.09. The first-order valence-corrected chi connectivity index (χ1v) is 4.75. The van der Waals surface area contributed by atoms with Crippen LogP contribution in [-0.4, -0.2) is 18.1 Å². The lowest BCUT2D eigenvalue weighted by molar-refractivity contribution is -0.142. The Morgan fingerprint density at radius 1 is 1.25 bits per heavy atom. The molecule has 0 aromatic carbocycles. The predicted molar refractivity (Wildman–Crippen MR) is 44.4 cm³/mol. The maximum Gasteiger partial charge on any atom is 0.323 e. The molecule has 0 bridgehead atoms. The summed E-state index contributed by atoms with van der Waals surface area (Å²) in [6.07, 6.45) is 5.86. The average Bonchev–Trinajstić information content (AvgIpc) is 2.30. The number of carbonyl (C=O) groups is 1. The van der Waals surface area contributed by atoms with Crippen molar-refractivity contribution >= 4 is 5.97 Å². The second kappa shape index (κ2) is 3.05. The van der Waals surface area contributed by atoms with Gasteiger partial charge in [-0.2, -0.15) is 0 Å². The van der Waals surface area contributed by atoms with Crippen molar-refractivity contribution in [3.05, 3.63) is 0 Å². The first-order valence-electron chi connectivity index (χ1n) is 4.75. The monoisotopic (exact) mass is 169 g/mol. The van der Waals surface area contributed by atoms with Gasteiger partial charge in [-0.15, -0.1) is 0 Å². The van der Waals surface area contributed by atoms with E-state index < -0.39 is 0 Å². The molecule has 1 saturated heterocycles. The van der Waals surface area contributed by atoms with Crippen LogP contribution in [0.4, 0.5) is 0 Å². The van der Waals surface area contributed by atoms with Crippen LogP contribution < -0.4 is 5.73 Å². The molecule has 2 aliphatic rings. The number of esters is 1. The molecular formula is C9H15NO2. The fraction of sp³-hybridized carbons (Fsp3) is 0.889. The number of ether oxygens (including phenoxy) is 1. The third-order valence-electron chi connectivity index (χ3n) is 3.00. The Bertz CT molecular complexity index is 193. The zero-order chi connectivity index (χ0) is 8.55. The van der Waals surface area contributed by atoms with Crippen LogP contribution in [0.25, 0.3) is 0 Å². The van der Waals surface area contributed by atoms with Gasteiger partial charge in [-0.05, 0) is 19.3 Å². The van der Waals surface area contributed by atoms with Crippen LogP contribution in [0.3, 0.4) is 0 Å². The molecule has 1 saturated carbocycles. The van der Waals surface area contributed by atoms with Crippen molar-refractivity contribution < 1.29 is 9.53 Å². The molecule has 0 unspecified atom stereocenters. The number of fused-ring (bicyclic) bond motifs is 1. The topological polar surface area (TPSA) is 52.3 Å². The molecule has 0 spiro atoms. The Morgan fingerprint density at radius 3 is 2.83 bits per heavy atom. The van der Waals surface area contributed by atoms with E-state index in [-0.39, 0.29) is 18.1 Å². The van der Waals surface area contributed by atoms with Gasteiger partial charge in [-0.1, -0.05) is 12.8 Å². The number of rotatable bonds is 0. The van der Waals surface area contributed by atoms with Crippen molar-refractivity contribution in [2.24, 2.45) is 11.7 Å². The third kappa shape index (κ3) is 1.22. The summed E-state index contributed by atoms with van der Waals surface area (Å²) >= 11 is 0. The Kier molecular flexibility index (Phi) is 2.05. The lowest BCUT2D eigenvalue weighted by Gasteiger charge is -2.14. The SMILES string of the molecule is N[C@@H]1C(=O)O[C@H]2CCCCC[C@H]21.